The van der Waals surface area contributed by atoms with Crippen molar-refractivity contribution in [1.29, 1.82) is 0 Å². The minimum atomic E-state index is -0.492. The Morgan fingerprint density at radius 1 is 0.484 bits per heavy atom. The maximum absolute atomic E-state index is 3.86. The lowest BCUT2D eigenvalue weighted by molar-refractivity contribution is 0.176. The van der Waals surface area contributed by atoms with Gasteiger partial charge in [-0.05, 0) is 151 Å². The van der Waals surface area contributed by atoms with Crippen molar-refractivity contribution in [2.24, 2.45) is 0 Å². The number of allylic oxidation sites excluding steroid dienone is 6. The summed E-state index contributed by atoms with van der Waals surface area (Å²) in [5.41, 5.74) is 16.3. The van der Waals surface area contributed by atoms with E-state index in [1.807, 2.05) is 12.2 Å². The van der Waals surface area contributed by atoms with Crippen molar-refractivity contribution >= 4 is 0 Å². The zero-order chi connectivity index (χ0) is 44.4. The van der Waals surface area contributed by atoms with Gasteiger partial charge in [-0.2, -0.15) is 0 Å². The summed E-state index contributed by atoms with van der Waals surface area (Å²) >= 11 is 0. The molecule has 0 saturated heterocycles. The lowest BCUT2D eigenvalue weighted by Gasteiger charge is -2.51. The van der Waals surface area contributed by atoms with E-state index in [0.717, 1.165) is 77.0 Å². The van der Waals surface area contributed by atoms with Crippen molar-refractivity contribution in [2.45, 2.75) is 154 Å². The summed E-state index contributed by atoms with van der Waals surface area (Å²) in [6, 6.07) is 44.5. The molecule has 1 aliphatic carbocycles. The van der Waals surface area contributed by atoms with Gasteiger partial charge in [-0.1, -0.05) is 213 Å². The van der Waals surface area contributed by atoms with E-state index in [-0.39, 0.29) is 16.2 Å². The van der Waals surface area contributed by atoms with Crippen LogP contribution in [0, 0.1) is 6.92 Å². The third kappa shape index (κ3) is 8.44. The van der Waals surface area contributed by atoms with Crippen LogP contribution in [0.1, 0.15) is 168 Å². The van der Waals surface area contributed by atoms with Crippen molar-refractivity contribution in [3.05, 3.63) is 214 Å². The second-order valence-corrected chi connectivity index (χ2v) is 18.5. The van der Waals surface area contributed by atoms with Crippen LogP contribution in [0.5, 0.6) is 0 Å². The Kier molecular flexibility index (Phi) is 15.4. The first kappa shape index (κ1) is 46.6. The summed E-state index contributed by atoms with van der Waals surface area (Å²) in [5, 5.41) is 0. The van der Waals surface area contributed by atoms with E-state index >= 15 is 0 Å². The molecule has 5 aromatic rings. The molecule has 0 bridgehead atoms. The molecule has 0 aliphatic heterocycles. The number of rotatable bonds is 22. The van der Waals surface area contributed by atoms with Crippen LogP contribution in [0.4, 0.5) is 0 Å². The van der Waals surface area contributed by atoms with E-state index < -0.39 is 5.41 Å². The molecule has 0 spiro atoms. The molecule has 0 atom stereocenters. The normalized spacial score (nSPS) is 13.7. The monoisotopic (exact) mass is 821 g/mol. The summed E-state index contributed by atoms with van der Waals surface area (Å²) in [6.07, 6.45) is 25.3. The topological polar surface area (TPSA) is 0 Å². The molecule has 62 heavy (non-hydrogen) atoms. The Hall–Kier alpha value is -4.94. The highest BCUT2D eigenvalue weighted by molar-refractivity contribution is 5.87. The SMILES string of the molecule is C=C/C=C/CCCc1ccc(C2(c3ccc(CCC/C=C/C=C)cc3)c3cc(C(C)(CC)CC)ccc3-c3ccc(C(CC)(CC)C(CC)(CC)c4ccc(C)cc4)cc32)cc1. The molecule has 1 aliphatic rings. The van der Waals surface area contributed by atoms with Gasteiger partial charge in [0.15, 0.2) is 0 Å². The van der Waals surface area contributed by atoms with Crippen LogP contribution < -0.4 is 0 Å². The molecule has 0 aromatic heterocycles. The molecule has 0 heteroatoms. The molecule has 0 radical (unpaired) electrons. The van der Waals surface area contributed by atoms with Crippen molar-refractivity contribution in [3.8, 4) is 11.1 Å². The highest BCUT2D eigenvalue weighted by atomic mass is 14.5. The summed E-state index contributed by atoms with van der Waals surface area (Å²) in [4.78, 5) is 0. The van der Waals surface area contributed by atoms with Gasteiger partial charge in [0.05, 0.1) is 5.41 Å². The first-order chi connectivity index (χ1) is 30.1. The van der Waals surface area contributed by atoms with Crippen LogP contribution in [-0.2, 0) is 34.5 Å². The number of hydrogen-bond acceptors (Lipinski definition) is 0. The van der Waals surface area contributed by atoms with Gasteiger partial charge in [0.25, 0.3) is 0 Å². The van der Waals surface area contributed by atoms with Gasteiger partial charge < -0.3 is 0 Å². The van der Waals surface area contributed by atoms with E-state index in [9.17, 15) is 0 Å². The second-order valence-electron chi connectivity index (χ2n) is 18.5. The zero-order valence-corrected chi connectivity index (χ0v) is 39.8. The minimum absolute atomic E-state index is 0.0190. The van der Waals surface area contributed by atoms with Gasteiger partial charge in [-0.3, -0.25) is 0 Å². The van der Waals surface area contributed by atoms with Crippen molar-refractivity contribution in [1.82, 2.24) is 0 Å². The maximum Gasteiger partial charge on any atom is 0.0713 e. The summed E-state index contributed by atoms with van der Waals surface area (Å²) in [5.74, 6) is 0. The second kappa shape index (κ2) is 20.5. The molecular formula is C62H76. The van der Waals surface area contributed by atoms with Gasteiger partial charge >= 0.3 is 0 Å². The van der Waals surface area contributed by atoms with Crippen LogP contribution >= 0.6 is 0 Å². The van der Waals surface area contributed by atoms with E-state index in [2.05, 4.69) is 202 Å². The van der Waals surface area contributed by atoms with E-state index in [1.165, 1.54) is 66.8 Å². The minimum Gasteiger partial charge on any atom is -0.0991 e. The Balaban J connectivity index is 1.65. The Labute approximate surface area is 378 Å². The van der Waals surface area contributed by atoms with Gasteiger partial charge in [0.2, 0.25) is 0 Å². The van der Waals surface area contributed by atoms with E-state index in [1.54, 1.807) is 0 Å². The first-order valence-electron chi connectivity index (χ1n) is 24.2. The molecule has 0 saturated carbocycles. The summed E-state index contributed by atoms with van der Waals surface area (Å²) < 4.78 is 0. The third-order valence-electron chi connectivity index (χ3n) is 15.9. The lowest BCUT2D eigenvalue weighted by Crippen LogP contribution is -2.48. The number of hydrogen-bond donors (Lipinski definition) is 0. The average molecular weight is 821 g/mol. The van der Waals surface area contributed by atoms with E-state index in [4.69, 9.17) is 0 Å². The van der Waals surface area contributed by atoms with Crippen molar-refractivity contribution < 1.29 is 0 Å². The smallest absolute Gasteiger partial charge is 0.0713 e. The number of unbranched alkanes of at least 4 members (excludes halogenated alkanes) is 2. The number of benzene rings is 5. The number of aryl methyl sites for hydroxylation is 3. The molecule has 0 unspecified atom stereocenters. The molecule has 0 nitrogen and oxygen atoms in total. The predicted molar refractivity (Wildman–Crippen MR) is 272 cm³/mol. The Morgan fingerprint density at radius 3 is 1.31 bits per heavy atom. The average Bonchev–Trinajstić information content (AvgIpc) is 3.61. The zero-order valence-electron chi connectivity index (χ0n) is 39.8. The standard InChI is InChI=1S/C62H76/c1-11-19-21-23-25-27-48-31-37-51(38-32-48)62(52-39-33-49(34-40-52)28-26-24-22-20-12-2)57-45-53(59(10,13-3)14-4)41-43-55(57)56-44-42-54(46-58(56)62)61(17-7,18-8)60(15-5,16-6)50-35-29-47(9)30-36-50/h11-12,19-22,29-46H,1-2,13-18,23-28H2,3-10H3/b21-19+,22-20+. The maximum atomic E-state index is 3.86. The van der Waals surface area contributed by atoms with Crippen LogP contribution in [0.25, 0.3) is 11.1 Å². The predicted octanol–water partition coefficient (Wildman–Crippen LogP) is 17.4. The lowest BCUT2D eigenvalue weighted by atomic mass is 9.52. The fourth-order valence-corrected chi connectivity index (χ4v) is 11.6. The molecule has 0 N–H and O–H groups in total. The van der Waals surface area contributed by atoms with Crippen LogP contribution in [-0.4, -0.2) is 0 Å². The third-order valence-corrected chi connectivity index (χ3v) is 15.9. The Morgan fingerprint density at radius 2 is 0.887 bits per heavy atom. The first-order valence-corrected chi connectivity index (χ1v) is 24.2. The van der Waals surface area contributed by atoms with Crippen LogP contribution in [0.2, 0.25) is 0 Å². The van der Waals surface area contributed by atoms with Gasteiger partial charge in [-0.25, -0.2) is 0 Å². The number of fused-ring (bicyclic) bond motifs is 3. The molecule has 0 fully saturated rings. The molecular weight excluding hydrogens is 745 g/mol. The van der Waals surface area contributed by atoms with Crippen LogP contribution in [0.3, 0.4) is 0 Å². The molecule has 324 valence electrons. The Bertz CT molecular complexity index is 2230. The molecule has 0 amide bonds. The summed E-state index contributed by atoms with van der Waals surface area (Å²) in [7, 11) is 0. The van der Waals surface area contributed by atoms with Gasteiger partial charge in [0, 0.05) is 10.8 Å². The highest BCUT2D eigenvalue weighted by Gasteiger charge is 2.52. The largest absolute Gasteiger partial charge is 0.0991 e. The van der Waals surface area contributed by atoms with Crippen molar-refractivity contribution in [3.63, 3.8) is 0 Å². The molecule has 6 rings (SSSR count). The highest BCUT2D eigenvalue weighted by Crippen LogP contribution is 2.60. The molecule has 5 aromatic carbocycles. The quantitative estimate of drug-likeness (QED) is 0.0473. The summed E-state index contributed by atoms with van der Waals surface area (Å²) in [6.45, 7) is 26.9. The van der Waals surface area contributed by atoms with Gasteiger partial charge in [0.1, 0.15) is 0 Å². The molecule has 0 heterocycles. The fourth-order valence-electron chi connectivity index (χ4n) is 11.6. The fraction of sp³-hybridized carbons (Fsp3) is 0.387. The van der Waals surface area contributed by atoms with Crippen LogP contribution in [0.15, 0.2) is 159 Å². The van der Waals surface area contributed by atoms with E-state index in [0.29, 0.717) is 0 Å². The van der Waals surface area contributed by atoms with Gasteiger partial charge in [-0.15, -0.1) is 0 Å². The van der Waals surface area contributed by atoms with Crippen molar-refractivity contribution in [2.75, 3.05) is 0 Å².